The topological polar surface area (TPSA) is 73.2 Å². The molecule has 1 aromatic carbocycles. The minimum Gasteiger partial charge on any atom is -0.494 e. The molecule has 1 N–H and O–H groups in total. The van der Waals surface area contributed by atoms with E-state index < -0.39 is 10.0 Å². The third kappa shape index (κ3) is 4.56. The normalized spacial score (nSPS) is 11.6. The minimum atomic E-state index is -3.50. The van der Waals surface area contributed by atoms with E-state index in [9.17, 15) is 8.42 Å². The second kappa shape index (κ2) is 7.61. The summed E-state index contributed by atoms with van der Waals surface area (Å²) in [5.74, 6) is 1.61. The van der Waals surface area contributed by atoms with Crippen LogP contribution in [0.15, 0.2) is 35.5 Å². The summed E-state index contributed by atoms with van der Waals surface area (Å²) in [7, 11) is -3.50. The smallest absolute Gasteiger partial charge is 0.240 e. The predicted octanol–water partition coefficient (Wildman–Crippen LogP) is 2.27. The molecule has 0 radical (unpaired) electrons. The van der Waals surface area contributed by atoms with Gasteiger partial charge in [0.15, 0.2) is 0 Å². The lowest BCUT2D eigenvalue weighted by atomic mass is 10.2. The summed E-state index contributed by atoms with van der Waals surface area (Å²) in [6.07, 6.45) is 4.33. The molecule has 0 aliphatic carbocycles. The average molecular weight is 337 g/mol. The number of hydrogen-bond donors (Lipinski definition) is 1. The van der Waals surface area contributed by atoms with Crippen molar-refractivity contribution in [3.05, 3.63) is 42.0 Å². The van der Waals surface area contributed by atoms with Crippen molar-refractivity contribution in [1.82, 2.24) is 14.3 Å². The molecule has 6 nitrogen and oxygen atoms in total. The van der Waals surface area contributed by atoms with Gasteiger partial charge in [0, 0.05) is 25.5 Å². The van der Waals surface area contributed by atoms with Crippen LogP contribution in [0.1, 0.15) is 24.7 Å². The zero-order valence-corrected chi connectivity index (χ0v) is 14.6. The minimum absolute atomic E-state index is 0.291. The first-order valence-corrected chi connectivity index (χ1v) is 9.13. The summed E-state index contributed by atoms with van der Waals surface area (Å²) in [5, 5.41) is 0. The average Bonchev–Trinajstić information content (AvgIpc) is 2.89. The SMILES string of the molecule is CCOc1ccc(S(=O)(=O)NCCCn2ccnc2C)c(C)c1. The molecule has 2 aromatic rings. The Hall–Kier alpha value is -1.86. The van der Waals surface area contributed by atoms with Gasteiger partial charge in [0.2, 0.25) is 10.0 Å². The fraction of sp³-hybridized carbons (Fsp3) is 0.438. The molecule has 0 atom stereocenters. The third-order valence-electron chi connectivity index (χ3n) is 3.54. The summed E-state index contributed by atoms with van der Waals surface area (Å²) in [5.41, 5.74) is 0.675. The van der Waals surface area contributed by atoms with Crippen LogP contribution in [-0.2, 0) is 16.6 Å². The molecular formula is C16H23N3O3S. The van der Waals surface area contributed by atoms with Crippen LogP contribution in [0.5, 0.6) is 5.75 Å². The van der Waals surface area contributed by atoms with Crippen molar-refractivity contribution < 1.29 is 13.2 Å². The number of ether oxygens (including phenoxy) is 1. The molecule has 1 aromatic heterocycles. The van der Waals surface area contributed by atoms with E-state index in [2.05, 4.69) is 9.71 Å². The quantitative estimate of drug-likeness (QED) is 0.750. The second-order valence-corrected chi connectivity index (χ2v) is 7.01. The zero-order valence-electron chi connectivity index (χ0n) is 13.7. The van der Waals surface area contributed by atoms with Crippen LogP contribution in [0.3, 0.4) is 0 Å². The van der Waals surface area contributed by atoms with E-state index in [0.29, 0.717) is 35.8 Å². The maximum Gasteiger partial charge on any atom is 0.240 e. The van der Waals surface area contributed by atoms with Gasteiger partial charge >= 0.3 is 0 Å². The molecular weight excluding hydrogens is 314 g/mol. The van der Waals surface area contributed by atoms with Crippen LogP contribution in [0, 0.1) is 13.8 Å². The van der Waals surface area contributed by atoms with E-state index >= 15 is 0 Å². The Kier molecular flexibility index (Phi) is 5.79. The standard InChI is InChI=1S/C16H23N3O3S/c1-4-22-15-6-7-16(13(2)12-15)23(20,21)18-8-5-10-19-11-9-17-14(19)3/h6-7,9,11-12,18H,4-5,8,10H2,1-3H3. The van der Waals surface area contributed by atoms with Crippen LogP contribution in [0.25, 0.3) is 0 Å². The highest BCUT2D eigenvalue weighted by atomic mass is 32.2. The van der Waals surface area contributed by atoms with E-state index in [4.69, 9.17) is 4.74 Å². The monoisotopic (exact) mass is 337 g/mol. The van der Waals surface area contributed by atoms with Crippen LogP contribution in [0.4, 0.5) is 0 Å². The van der Waals surface area contributed by atoms with E-state index in [1.807, 2.05) is 24.6 Å². The molecule has 0 unspecified atom stereocenters. The van der Waals surface area contributed by atoms with Crippen molar-refractivity contribution in [1.29, 1.82) is 0 Å². The first kappa shape index (κ1) is 17.5. The number of nitrogens with zero attached hydrogens (tertiary/aromatic N) is 2. The number of rotatable bonds is 8. The number of imidazole rings is 1. The van der Waals surface area contributed by atoms with Gasteiger partial charge in [-0.25, -0.2) is 18.1 Å². The van der Waals surface area contributed by atoms with Crippen molar-refractivity contribution in [3.8, 4) is 5.75 Å². The molecule has 126 valence electrons. The maximum atomic E-state index is 12.4. The number of nitrogens with one attached hydrogen (secondary N) is 1. The van der Waals surface area contributed by atoms with E-state index in [1.165, 1.54) is 0 Å². The number of aryl methyl sites for hydroxylation is 3. The highest BCUT2D eigenvalue weighted by Gasteiger charge is 2.16. The highest BCUT2D eigenvalue weighted by molar-refractivity contribution is 7.89. The van der Waals surface area contributed by atoms with E-state index in [0.717, 1.165) is 12.4 Å². The number of sulfonamides is 1. The Bertz CT molecular complexity index is 754. The Morgan fingerprint density at radius 1 is 1.30 bits per heavy atom. The number of aromatic nitrogens is 2. The molecule has 2 rings (SSSR count). The Labute approximate surface area is 137 Å². The van der Waals surface area contributed by atoms with Gasteiger partial charge in [0.05, 0.1) is 11.5 Å². The van der Waals surface area contributed by atoms with Gasteiger partial charge in [-0.15, -0.1) is 0 Å². The Morgan fingerprint density at radius 2 is 2.09 bits per heavy atom. The van der Waals surface area contributed by atoms with Crippen molar-refractivity contribution in [2.75, 3.05) is 13.2 Å². The molecule has 23 heavy (non-hydrogen) atoms. The number of hydrogen-bond acceptors (Lipinski definition) is 4. The van der Waals surface area contributed by atoms with Gasteiger partial charge in [0.1, 0.15) is 11.6 Å². The molecule has 0 saturated heterocycles. The van der Waals surface area contributed by atoms with Crippen molar-refractivity contribution in [2.24, 2.45) is 0 Å². The summed E-state index contributed by atoms with van der Waals surface area (Å²) < 4.78 is 34.8. The van der Waals surface area contributed by atoms with Gasteiger partial charge in [-0.1, -0.05) is 0 Å². The lowest BCUT2D eigenvalue weighted by molar-refractivity contribution is 0.339. The first-order chi connectivity index (χ1) is 10.9. The lowest BCUT2D eigenvalue weighted by Gasteiger charge is -2.11. The summed E-state index contributed by atoms with van der Waals surface area (Å²) in [6.45, 7) is 7.25. The number of benzene rings is 1. The lowest BCUT2D eigenvalue weighted by Crippen LogP contribution is -2.26. The maximum absolute atomic E-state index is 12.4. The van der Waals surface area contributed by atoms with E-state index in [1.54, 1.807) is 31.3 Å². The van der Waals surface area contributed by atoms with Gasteiger partial charge in [-0.3, -0.25) is 0 Å². The molecule has 0 aliphatic heterocycles. The van der Waals surface area contributed by atoms with E-state index in [-0.39, 0.29) is 0 Å². The van der Waals surface area contributed by atoms with Crippen LogP contribution < -0.4 is 9.46 Å². The molecule has 7 heteroatoms. The predicted molar refractivity (Wildman–Crippen MR) is 89.1 cm³/mol. The second-order valence-electron chi connectivity index (χ2n) is 5.28. The van der Waals surface area contributed by atoms with Gasteiger partial charge in [-0.05, 0) is 51.0 Å². The van der Waals surface area contributed by atoms with Gasteiger partial charge in [0.25, 0.3) is 0 Å². The third-order valence-corrected chi connectivity index (χ3v) is 5.16. The summed E-state index contributed by atoms with van der Waals surface area (Å²) in [4.78, 5) is 4.43. The van der Waals surface area contributed by atoms with Crippen LogP contribution in [0.2, 0.25) is 0 Å². The highest BCUT2D eigenvalue weighted by Crippen LogP contribution is 2.21. The van der Waals surface area contributed by atoms with Crippen molar-refractivity contribution in [2.45, 2.75) is 38.6 Å². The summed E-state index contributed by atoms with van der Waals surface area (Å²) >= 11 is 0. The molecule has 0 spiro atoms. The zero-order chi connectivity index (χ0) is 16.9. The Morgan fingerprint density at radius 3 is 2.70 bits per heavy atom. The van der Waals surface area contributed by atoms with Crippen molar-refractivity contribution >= 4 is 10.0 Å². The molecule has 0 amide bonds. The van der Waals surface area contributed by atoms with Crippen LogP contribution in [-0.4, -0.2) is 31.1 Å². The Balaban J connectivity index is 1.95. The van der Waals surface area contributed by atoms with Crippen molar-refractivity contribution in [3.63, 3.8) is 0 Å². The molecule has 0 bridgehead atoms. The molecule has 0 fully saturated rings. The fourth-order valence-electron chi connectivity index (χ4n) is 2.35. The molecule has 0 saturated carbocycles. The molecule has 1 heterocycles. The van der Waals surface area contributed by atoms with Gasteiger partial charge in [-0.2, -0.15) is 0 Å². The molecule has 0 aliphatic rings. The first-order valence-electron chi connectivity index (χ1n) is 7.65. The largest absolute Gasteiger partial charge is 0.494 e. The fourth-order valence-corrected chi connectivity index (χ4v) is 3.65. The summed E-state index contributed by atoms with van der Waals surface area (Å²) in [6, 6.07) is 5.01. The van der Waals surface area contributed by atoms with Gasteiger partial charge < -0.3 is 9.30 Å². The van der Waals surface area contributed by atoms with Crippen LogP contribution >= 0.6 is 0 Å².